The van der Waals surface area contributed by atoms with Gasteiger partial charge in [-0.2, -0.15) is 0 Å². The van der Waals surface area contributed by atoms with Crippen LogP contribution >= 0.6 is 0 Å². The van der Waals surface area contributed by atoms with E-state index in [0.29, 0.717) is 0 Å². The Balaban J connectivity index is 2.30. The molecule has 0 fully saturated rings. The lowest BCUT2D eigenvalue weighted by Crippen LogP contribution is -2.46. The van der Waals surface area contributed by atoms with E-state index in [1.165, 1.54) is 4.90 Å². The van der Waals surface area contributed by atoms with E-state index >= 15 is 0 Å². The van der Waals surface area contributed by atoms with Crippen LogP contribution in [0.25, 0.3) is 0 Å². The van der Waals surface area contributed by atoms with Crippen LogP contribution in [0.3, 0.4) is 0 Å². The summed E-state index contributed by atoms with van der Waals surface area (Å²) in [7, 11) is 1.69. The molecule has 2 aliphatic rings. The third-order valence-electron chi connectivity index (χ3n) is 1.79. The maximum atomic E-state index is 11.0. The fourth-order valence-electron chi connectivity index (χ4n) is 1.14. The van der Waals surface area contributed by atoms with Gasteiger partial charge in [0, 0.05) is 18.8 Å². The van der Waals surface area contributed by atoms with Gasteiger partial charge in [-0.1, -0.05) is 0 Å². The molecule has 2 rings (SSSR count). The van der Waals surface area contributed by atoms with Gasteiger partial charge < -0.3 is 10.1 Å². The Labute approximate surface area is 64.1 Å². The van der Waals surface area contributed by atoms with Crippen molar-refractivity contribution in [2.45, 2.75) is 6.23 Å². The summed E-state index contributed by atoms with van der Waals surface area (Å²) in [5.74, 6) is 0. The molecule has 0 bridgehead atoms. The van der Waals surface area contributed by atoms with E-state index in [1.54, 1.807) is 19.5 Å². The molecule has 4 heteroatoms. The van der Waals surface area contributed by atoms with Crippen molar-refractivity contribution >= 4 is 6.03 Å². The molecule has 0 saturated heterocycles. The molecule has 11 heavy (non-hydrogen) atoms. The summed E-state index contributed by atoms with van der Waals surface area (Å²) >= 11 is 0. The molecule has 58 valence electrons. The largest absolute Gasteiger partial charge is 0.474 e. The van der Waals surface area contributed by atoms with E-state index in [-0.39, 0.29) is 12.3 Å². The number of urea groups is 1. The quantitative estimate of drug-likeness (QED) is 0.545. The zero-order valence-electron chi connectivity index (χ0n) is 6.07. The Kier molecular flexibility index (Phi) is 1.15. The van der Waals surface area contributed by atoms with Gasteiger partial charge in [0.15, 0.2) is 0 Å². The second-order valence-electron chi connectivity index (χ2n) is 2.50. The number of nitrogens with one attached hydrogen (secondary N) is 1. The Hall–Kier alpha value is -1.45. The van der Waals surface area contributed by atoms with Gasteiger partial charge in [-0.15, -0.1) is 0 Å². The van der Waals surface area contributed by atoms with Crippen LogP contribution < -0.4 is 5.32 Å². The van der Waals surface area contributed by atoms with Crippen LogP contribution in [-0.4, -0.2) is 24.2 Å². The van der Waals surface area contributed by atoms with Gasteiger partial charge in [0.25, 0.3) is 0 Å². The topological polar surface area (TPSA) is 41.6 Å². The van der Waals surface area contributed by atoms with Gasteiger partial charge in [0.05, 0.1) is 6.26 Å². The average molecular weight is 152 g/mol. The highest BCUT2D eigenvalue weighted by atomic mass is 16.5. The van der Waals surface area contributed by atoms with Gasteiger partial charge in [0.2, 0.25) is 6.23 Å². The molecule has 0 saturated carbocycles. The van der Waals surface area contributed by atoms with Crippen molar-refractivity contribution in [3.8, 4) is 0 Å². The molecule has 1 atom stereocenters. The number of amides is 2. The molecular weight excluding hydrogens is 144 g/mol. The Bertz CT molecular complexity index is 257. The minimum atomic E-state index is -0.219. The van der Waals surface area contributed by atoms with Crippen LogP contribution in [0.5, 0.6) is 0 Å². The summed E-state index contributed by atoms with van der Waals surface area (Å²) in [6.45, 7) is 0. The van der Waals surface area contributed by atoms with Crippen LogP contribution in [-0.2, 0) is 4.74 Å². The fraction of sp³-hybridized carbons (Fsp3) is 0.286. The van der Waals surface area contributed by atoms with Gasteiger partial charge in [-0.3, -0.25) is 4.90 Å². The zero-order chi connectivity index (χ0) is 7.84. The predicted molar refractivity (Wildman–Crippen MR) is 38.4 cm³/mol. The monoisotopic (exact) mass is 152 g/mol. The number of carbonyl (C=O) groups is 1. The van der Waals surface area contributed by atoms with Crippen molar-refractivity contribution in [1.82, 2.24) is 10.2 Å². The number of ether oxygens (including phenoxy) is 1. The second-order valence-corrected chi connectivity index (χ2v) is 2.50. The Morgan fingerprint density at radius 1 is 1.73 bits per heavy atom. The normalized spacial score (nSPS) is 27.4. The smallest absolute Gasteiger partial charge is 0.324 e. The number of nitrogens with zero attached hydrogens (tertiary/aromatic N) is 1. The summed E-state index contributed by atoms with van der Waals surface area (Å²) in [6, 6.07) is -0.137. The van der Waals surface area contributed by atoms with Crippen LogP contribution in [0.4, 0.5) is 4.79 Å². The lowest BCUT2D eigenvalue weighted by atomic mass is 10.2. The minimum absolute atomic E-state index is 0.137. The first-order valence-corrected chi connectivity index (χ1v) is 3.34. The van der Waals surface area contributed by atoms with Crippen molar-refractivity contribution in [3.05, 3.63) is 24.1 Å². The van der Waals surface area contributed by atoms with E-state index in [2.05, 4.69) is 5.32 Å². The van der Waals surface area contributed by atoms with Crippen molar-refractivity contribution < 1.29 is 9.53 Å². The standard InChI is InChI=1S/C7H8N2O2/c1-9-6-5(2-3-11-6)4-8-7(9)10/h2-4,6H,1H3,(H,8,10). The molecule has 0 spiro atoms. The number of rotatable bonds is 0. The molecule has 1 N–H and O–H groups in total. The number of likely N-dealkylation sites (N-methyl/N-ethyl adjacent to an activating group) is 1. The van der Waals surface area contributed by atoms with E-state index in [0.717, 1.165) is 5.57 Å². The Morgan fingerprint density at radius 3 is 3.36 bits per heavy atom. The number of hydrogen-bond donors (Lipinski definition) is 1. The molecule has 4 nitrogen and oxygen atoms in total. The maximum absolute atomic E-state index is 11.0. The van der Waals surface area contributed by atoms with Gasteiger partial charge in [-0.05, 0) is 6.08 Å². The van der Waals surface area contributed by atoms with Gasteiger partial charge >= 0.3 is 6.03 Å². The number of fused-ring (bicyclic) bond motifs is 1. The molecule has 2 amide bonds. The minimum Gasteiger partial charge on any atom is -0.474 e. The maximum Gasteiger partial charge on any atom is 0.324 e. The summed E-state index contributed by atoms with van der Waals surface area (Å²) in [4.78, 5) is 12.5. The Morgan fingerprint density at radius 2 is 2.55 bits per heavy atom. The van der Waals surface area contributed by atoms with Gasteiger partial charge in [-0.25, -0.2) is 4.79 Å². The first-order chi connectivity index (χ1) is 5.29. The number of carbonyl (C=O) groups excluding carboxylic acids is 1. The van der Waals surface area contributed by atoms with E-state index < -0.39 is 0 Å². The summed E-state index contributed by atoms with van der Waals surface area (Å²) in [5, 5.41) is 2.60. The van der Waals surface area contributed by atoms with E-state index in [1.807, 2.05) is 6.08 Å². The van der Waals surface area contributed by atoms with Crippen molar-refractivity contribution in [3.63, 3.8) is 0 Å². The molecular formula is C7H8N2O2. The van der Waals surface area contributed by atoms with Crippen LogP contribution in [0.1, 0.15) is 0 Å². The summed E-state index contributed by atoms with van der Waals surface area (Å²) in [5.41, 5.74) is 0.979. The molecule has 0 aromatic carbocycles. The average Bonchev–Trinajstić information content (AvgIpc) is 2.45. The summed E-state index contributed by atoms with van der Waals surface area (Å²) in [6.07, 6.45) is 4.87. The summed E-state index contributed by atoms with van der Waals surface area (Å²) < 4.78 is 5.16. The molecule has 0 aliphatic carbocycles. The van der Waals surface area contributed by atoms with Crippen molar-refractivity contribution in [2.24, 2.45) is 0 Å². The molecule has 1 unspecified atom stereocenters. The molecule has 0 aromatic heterocycles. The SMILES string of the molecule is CN1C(=O)NC=C2C=COC21. The van der Waals surface area contributed by atoms with E-state index in [4.69, 9.17) is 4.74 Å². The van der Waals surface area contributed by atoms with Crippen molar-refractivity contribution in [1.29, 1.82) is 0 Å². The van der Waals surface area contributed by atoms with E-state index in [9.17, 15) is 4.79 Å². The highest BCUT2D eigenvalue weighted by molar-refractivity contribution is 5.77. The highest BCUT2D eigenvalue weighted by Crippen LogP contribution is 2.21. The van der Waals surface area contributed by atoms with Crippen LogP contribution in [0, 0.1) is 0 Å². The van der Waals surface area contributed by atoms with Crippen molar-refractivity contribution in [2.75, 3.05) is 7.05 Å². The third-order valence-corrected chi connectivity index (χ3v) is 1.79. The van der Waals surface area contributed by atoms with Gasteiger partial charge in [0.1, 0.15) is 0 Å². The molecule has 0 radical (unpaired) electrons. The third kappa shape index (κ3) is 0.790. The van der Waals surface area contributed by atoms with Crippen LogP contribution in [0.15, 0.2) is 24.1 Å². The first kappa shape index (κ1) is 6.27. The second kappa shape index (κ2) is 2.02. The first-order valence-electron chi connectivity index (χ1n) is 3.34. The molecule has 2 heterocycles. The molecule has 0 aromatic rings. The lowest BCUT2D eigenvalue weighted by molar-refractivity contribution is 0.0692. The lowest BCUT2D eigenvalue weighted by Gasteiger charge is -2.28. The zero-order valence-corrected chi connectivity index (χ0v) is 6.07. The number of hydrogen-bond acceptors (Lipinski definition) is 2. The molecule has 2 aliphatic heterocycles. The highest BCUT2D eigenvalue weighted by Gasteiger charge is 2.29. The fourth-order valence-corrected chi connectivity index (χ4v) is 1.14. The van der Waals surface area contributed by atoms with Crippen LogP contribution in [0.2, 0.25) is 0 Å². The predicted octanol–water partition coefficient (Wildman–Crippen LogP) is 0.395.